The van der Waals surface area contributed by atoms with E-state index in [1.54, 1.807) is 6.20 Å². The van der Waals surface area contributed by atoms with Crippen LogP contribution < -0.4 is 0 Å². The normalized spacial score (nSPS) is 17.6. The van der Waals surface area contributed by atoms with Gasteiger partial charge in [-0.1, -0.05) is 38.4 Å². The van der Waals surface area contributed by atoms with Gasteiger partial charge in [0.2, 0.25) is 5.91 Å². The lowest BCUT2D eigenvalue weighted by Crippen LogP contribution is -2.43. The zero-order valence-electron chi connectivity index (χ0n) is 11.8. The van der Waals surface area contributed by atoms with E-state index in [-0.39, 0.29) is 11.3 Å². The number of carbonyl (C=O) groups excluding carboxylic acids is 1. The van der Waals surface area contributed by atoms with Gasteiger partial charge in [-0.15, -0.1) is 0 Å². The van der Waals surface area contributed by atoms with Gasteiger partial charge in [0.1, 0.15) is 5.15 Å². The number of aromatic nitrogens is 1. The minimum atomic E-state index is -0.293. The molecule has 3 nitrogen and oxygen atoms in total. The molecule has 1 aliphatic rings. The highest BCUT2D eigenvalue weighted by Gasteiger charge is 2.31. The van der Waals surface area contributed by atoms with Crippen molar-refractivity contribution in [3.05, 3.63) is 29.0 Å². The third-order valence-corrected chi connectivity index (χ3v) is 3.97. The molecule has 0 radical (unpaired) electrons. The van der Waals surface area contributed by atoms with Crippen LogP contribution in [0.4, 0.5) is 0 Å². The van der Waals surface area contributed by atoms with Gasteiger partial charge in [0.25, 0.3) is 0 Å². The molecular formula is C15H21ClN2O. The van der Waals surface area contributed by atoms with Gasteiger partial charge in [-0.2, -0.15) is 0 Å². The molecule has 0 bridgehead atoms. The molecular weight excluding hydrogens is 260 g/mol. The molecule has 0 aromatic carbocycles. The fourth-order valence-corrected chi connectivity index (χ4v) is 2.84. The zero-order chi connectivity index (χ0) is 14.0. The molecule has 0 unspecified atom stereocenters. The van der Waals surface area contributed by atoms with E-state index in [9.17, 15) is 4.79 Å². The number of rotatable bonds is 1. The molecule has 0 atom stereocenters. The van der Waals surface area contributed by atoms with Crippen molar-refractivity contribution in [2.45, 2.75) is 39.5 Å². The minimum absolute atomic E-state index is 0.239. The van der Waals surface area contributed by atoms with Crippen molar-refractivity contribution in [1.29, 1.82) is 0 Å². The molecule has 1 aromatic rings. The quantitative estimate of drug-likeness (QED) is 0.738. The van der Waals surface area contributed by atoms with Crippen LogP contribution >= 0.6 is 11.6 Å². The first kappa shape index (κ1) is 14.3. The zero-order valence-corrected chi connectivity index (χ0v) is 12.6. The van der Waals surface area contributed by atoms with E-state index >= 15 is 0 Å². The van der Waals surface area contributed by atoms with Crippen LogP contribution in [0.1, 0.15) is 45.1 Å². The summed E-state index contributed by atoms with van der Waals surface area (Å²) < 4.78 is 0. The Morgan fingerprint density at radius 1 is 1.37 bits per heavy atom. The van der Waals surface area contributed by atoms with Crippen LogP contribution in [0.2, 0.25) is 5.15 Å². The third-order valence-electron chi connectivity index (χ3n) is 3.65. The van der Waals surface area contributed by atoms with Crippen LogP contribution in [0.25, 0.3) is 0 Å². The van der Waals surface area contributed by atoms with Crippen LogP contribution in [-0.4, -0.2) is 28.9 Å². The van der Waals surface area contributed by atoms with E-state index in [1.165, 1.54) is 0 Å². The number of amides is 1. The lowest BCUT2D eigenvalue weighted by molar-refractivity contribution is -0.140. The summed E-state index contributed by atoms with van der Waals surface area (Å²) >= 11 is 6.14. The predicted molar refractivity (Wildman–Crippen MR) is 77.3 cm³/mol. The van der Waals surface area contributed by atoms with Gasteiger partial charge in [-0.25, -0.2) is 4.98 Å². The SMILES string of the molecule is CC(C)(C)C(=O)N1CCC(c2cccnc2Cl)CC1. The number of nitrogens with zero attached hydrogens (tertiary/aromatic N) is 2. The van der Waals surface area contributed by atoms with Crippen LogP contribution in [0, 0.1) is 5.41 Å². The van der Waals surface area contributed by atoms with Crippen LogP contribution in [-0.2, 0) is 4.79 Å². The van der Waals surface area contributed by atoms with Gasteiger partial charge in [-0.3, -0.25) is 4.79 Å². The van der Waals surface area contributed by atoms with Crippen molar-refractivity contribution in [3.8, 4) is 0 Å². The maximum atomic E-state index is 12.2. The summed E-state index contributed by atoms with van der Waals surface area (Å²) in [5.74, 6) is 0.661. The molecule has 2 heterocycles. The molecule has 1 saturated heterocycles. The second-order valence-corrected chi connectivity index (χ2v) is 6.56. The number of carbonyl (C=O) groups is 1. The fourth-order valence-electron chi connectivity index (χ4n) is 2.57. The van der Waals surface area contributed by atoms with Gasteiger partial charge in [-0.05, 0) is 30.4 Å². The van der Waals surface area contributed by atoms with E-state index in [1.807, 2.05) is 37.8 Å². The van der Waals surface area contributed by atoms with Gasteiger partial charge >= 0.3 is 0 Å². The lowest BCUT2D eigenvalue weighted by atomic mass is 9.88. The largest absolute Gasteiger partial charge is 0.342 e. The second-order valence-electron chi connectivity index (χ2n) is 6.20. The molecule has 1 aromatic heterocycles. The predicted octanol–water partition coefficient (Wildman–Crippen LogP) is 3.49. The first-order chi connectivity index (χ1) is 8.89. The Bertz CT molecular complexity index is 459. The number of hydrogen-bond donors (Lipinski definition) is 0. The van der Waals surface area contributed by atoms with E-state index in [2.05, 4.69) is 4.98 Å². The maximum absolute atomic E-state index is 12.2. The highest BCUT2D eigenvalue weighted by Crippen LogP contribution is 2.32. The van der Waals surface area contributed by atoms with Crippen molar-refractivity contribution in [2.75, 3.05) is 13.1 Å². The third kappa shape index (κ3) is 3.27. The molecule has 0 saturated carbocycles. The van der Waals surface area contributed by atoms with E-state index < -0.39 is 0 Å². The van der Waals surface area contributed by atoms with Gasteiger partial charge in [0.15, 0.2) is 0 Å². The maximum Gasteiger partial charge on any atom is 0.227 e. The molecule has 2 rings (SSSR count). The van der Waals surface area contributed by atoms with Crippen molar-refractivity contribution < 1.29 is 4.79 Å². The number of halogens is 1. The number of pyridine rings is 1. The van der Waals surface area contributed by atoms with Gasteiger partial charge in [0.05, 0.1) is 0 Å². The highest BCUT2D eigenvalue weighted by atomic mass is 35.5. The van der Waals surface area contributed by atoms with Crippen LogP contribution in [0.3, 0.4) is 0 Å². The summed E-state index contributed by atoms with van der Waals surface area (Å²) in [5.41, 5.74) is 0.825. The van der Waals surface area contributed by atoms with Crippen molar-refractivity contribution in [3.63, 3.8) is 0 Å². The lowest BCUT2D eigenvalue weighted by Gasteiger charge is -2.36. The monoisotopic (exact) mass is 280 g/mol. The highest BCUT2D eigenvalue weighted by molar-refractivity contribution is 6.30. The molecule has 1 fully saturated rings. The van der Waals surface area contributed by atoms with Crippen molar-refractivity contribution >= 4 is 17.5 Å². The molecule has 1 aliphatic heterocycles. The van der Waals surface area contributed by atoms with E-state index in [0.29, 0.717) is 11.1 Å². The Morgan fingerprint density at radius 3 is 2.53 bits per heavy atom. The molecule has 4 heteroatoms. The first-order valence-electron chi connectivity index (χ1n) is 6.79. The molecule has 0 spiro atoms. The molecule has 1 amide bonds. The Labute approximate surface area is 120 Å². The smallest absolute Gasteiger partial charge is 0.227 e. The fraction of sp³-hybridized carbons (Fsp3) is 0.600. The summed E-state index contributed by atoms with van der Waals surface area (Å²) in [5, 5.41) is 0.600. The summed E-state index contributed by atoms with van der Waals surface area (Å²) in [6.45, 7) is 7.54. The number of likely N-dealkylation sites (tertiary alicyclic amines) is 1. The van der Waals surface area contributed by atoms with Gasteiger partial charge in [0, 0.05) is 24.7 Å². The van der Waals surface area contributed by atoms with Gasteiger partial charge < -0.3 is 4.90 Å². The second kappa shape index (κ2) is 5.49. The summed E-state index contributed by atoms with van der Waals surface area (Å²) in [4.78, 5) is 18.3. The Hall–Kier alpha value is -1.09. The average molecular weight is 281 g/mol. The minimum Gasteiger partial charge on any atom is -0.342 e. The molecule has 104 valence electrons. The standard InChI is InChI=1S/C15H21ClN2O/c1-15(2,3)14(19)18-9-6-11(7-10-18)12-5-4-8-17-13(12)16/h4-5,8,11H,6-7,9-10H2,1-3H3. The number of hydrogen-bond acceptors (Lipinski definition) is 2. The van der Waals surface area contributed by atoms with E-state index in [4.69, 9.17) is 11.6 Å². The average Bonchev–Trinajstić information content (AvgIpc) is 2.38. The first-order valence-corrected chi connectivity index (χ1v) is 7.17. The Morgan fingerprint density at radius 2 is 2.00 bits per heavy atom. The summed E-state index contributed by atoms with van der Waals surface area (Å²) in [7, 11) is 0. The topological polar surface area (TPSA) is 33.2 Å². The molecule has 0 aliphatic carbocycles. The van der Waals surface area contributed by atoms with Crippen molar-refractivity contribution in [1.82, 2.24) is 9.88 Å². The summed E-state index contributed by atoms with van der Waals surface area (Å²) in [6.07, 6.45) is 3.64. The number of piperidine rings is 1. The van der Waals surface area contributed by atoms with Crippen molar-refractivity contribution in [2.24, 2.45) is 5.41 Å². The molecule has 19 heavy (non-hydrogen) atoms. The van der Waals surface area contributed by atoms with E-state index in [0.717, 1.165) is 31.5 Å². The Balaban J connectivity index is 2.00. The van der Waals surface area contributed by atoms with Crippen LogP contribution in [0.5, 0.6) is 0 Å². The van der Waals surface area contributed by atoms with Crippen LogP contribution in [0.15, 0.2) is 18.3 Å². The molecule has 0 N–H and O–H groups in total. The Kier molecular flexibility index (Phi) is 4.14. The summed E-state index contributed by atoms with van der Waals surface area (Å²) in [6, 6.07) is 3.97.